The maximum absolute atomic E-state index is 9.32. The quantitative estimate of drug-likeness (QED) is 0.691. The molecule has 0 aliphatic heterocycles. The summed E-state index contributed by atoms with van der Waals surface area (Å²) in [6.07, 6.45) is 0.716. The van der Waals surface area contributed by atoms with Crippen molar-refractivity contribution < 1.29 is 5.11 Å². The average molecular weight is 172 g/mol. The normalized spacial score (nSPS) is 18.0. The molecular weight excluding hydrogens is 148 g/mol. The molecule has 1 N–H and O–H groups in total. The first kappa shape index (κ1) is 12.0. The van der Waals surface area contributed by atoms with Crippen molar-refractivity contribution in [1.29, 1.82) is 0 Å². The summed E-state index contributed by atoms with van der Waals surface area (Å²) in [5.41, 5.74) is 0.252. The molecular formula is C11H24O. The number of aliphatic hydroxyl groups is 1. The van der Waals surface area contributed by atoms with Gasteiger partial charge in [-0.05, 0) is 30.6 Å². The van der Waals surface area contributed by atoms with E-state index in [4.69, 9.17) is 0 Å². The van der Waals surface area contributed by atoms with E-state index in [-0.39, 0.29) is 11.5 Å². The molecule has 0 saturated heterocycles. The molecule has 0 bridgehead atoms. The van der Waals surface area contributed by atoms with Gasteiger partial charge >= 0.3 is 0 Å². The number of aliphatic hydroxyl groups excluding tert-OH is 1. The molecule has 0 spiro atoms. The largest absolute Gasteiger partial charge is 0.393 e. The van der Waals surface area contributed by atoms with Gasteiger partial charge < -0.3 is 5.11 Å². The van der Waals surface area contributed by atoms with Crippen molar-refractivity contribution in [3.05, 3.63) is 0 Å². The summed E-state index contributed by atoms with van der Waals surface area (Å²) in [5.74, 6) is 1.35. The lowest BCUT2D eigenvalue weighted by molar-refractivity contribution is 0.0782. The molecule has 0 heterocycles. The van der Waals surface area contributed by atoms with E-state index in [1.165, 1.54) is 0 Å². The van der Waals surface area contributed by atoms with Crippen LogP contribution < -0.4 is 0 Å². The zero-order valence-electron chi connectivity index (χ0n) is 9.39. The fourth-order valence-electron chi connectivity index (χ4n) is 1.85. The third kappa shape index (κ3) is 3.57. The molecule has 0 radical (unpaired) electrons. The number of rotatable bonds is 4. The van der Waals surface area contributed by atoms with Gasteiger partial charge in [-0.15, -0.1) is 0 Å². The first-order chi connectivity index (χ1) is 5.27. The second-order valence-corrected chi connectivity index (χ2v) is 5.07. The molecule has 1 nitrogen and oxygen atoms in total. The standard InChI is InChI=1S/C11H24O/c1-8(2)10(4)11(5,6)7-9(3)12/h8-10,12H,7H2,1-6H3. The van der Waals surface area contributed by atoms with Crippen LogP contribution in [-0.2, 0) is 0 Å². The summed E-state index contributed by atoms with van der Waals surface area (Å²) in [4.78, 5) is 0. The van der Waals surface area contributed by atoms with Crippen LogP contribution in [0, 0.1) is 17.3 Å². The Hall–Kier alpha value is -0.0400. The van der Waals surface area contributed by atoms with Crippen LogP contribution in [0.5, 0.6) is 0 Å². The van der Waals surface area contributed by atoms with Crippen molar-refractivity contribution in [3.8, 4) is 0 Å². The van der Waals surface area contributed by atoms with Gasteiger partial charge in [0.15, 0.2) is 0 Å². The average Bonchev–Trinajstić information content (AvgIpc) is 1.82. The molecule has 74 valence electrons. The van der Waals surface area contributed by atoms with Gasteiger partial charge in [-0.1, -0.05) is 34.6 Å². The van der Waals surface area contributed by atoms with E-state index in [9.17, 15) is 5.11 Å². The smallest absolute Gasteiger partial charge is 0.0517 e. The monoisotopic (exact) mass is 172 g/mol. The van der Waals surface area contributed by atoms with Crippen LogP contribution in [0.4, 0.5) is 0 Å². The second kappa shape index (κ2) is 4.27. The molecule has 0 aliphatic rings. The molecule has 0 aromatic heterocycles. The highest BCUT2D eigenvalue weighted by Crippen LogP contribution is 2.36. The molecule has 2 atom stereocenters. The van der Waals surface area contributed by atoms with E-state index >= 15 is 0 Å². The minimum Gasteiger partial charge on any atom is -0.393 e. The van der Waals surface area contributed by atoms with Gasteiger partial charge in [0, 0.05) is 0 Å². The van der Waals surface area contributed by atoms with Gasteiger partial charge in [0.1, 0.15) is 0 Å². The van der Waals surface area contributed by atoms with Crippen LogP contribution in [0.3, 0.4) is 0 Å². The molecule has 12 heavy (non-hydrogen) atoms. The van der Waals surface area contributed by atoms with Crippen molar-refractivity contribution in [1.82, 2.24) is 0 Å². The highest BCUT2D eigenvalue weighted by molar-refractivity contribution is 4.78. The van der Waals surface area contributed by atoms with Gasteiger partial charge in [0.2, 0.25) is 0 Å². The Kier molecular flexibility index (Phi) is 4.25. The van der Waals surface area contributed by atoms with Gasteiger partial charge in [0.25, 0.3) is 0 Å². The Morgan fingerprint density at radius 2 is 1.50 bits per heavy atom. The van der Waals surface area contributed by atoms with Crippen LogP contribution in [-0.4, -0.2) is 11.2 Å². The van der Waals surface area contributed by atoms with Gasteiger partial charge in [-0.3, -0.25) is 0 Å². The van der Waals surface area contributed by atoms with Crippen LogP contribution in [0.2, 0.25) is 0 Å². The molecule has 0 aromatic rings. The van der Waals surface area contributed by atoms with Crippen LogP contribution in [0.25, 0.3) is 0 Å². The van der Waals surface area contributed by atoms with E-state index in [1.54, 1.807) is 0 Å². The highest BCUT2D eigenvalue weighted by atomic mass is 16.3. The molecule has 0 saturated carbocycles. The summed E-state index contributed by atoms with van der Waals surface area (Å²) >= 11 is 0. The van der Waals surface area contributed by atoms with Gasteiger partial charge in [0.05, 0.1) is 6.10 Å². The highest BCUT2D eigenvalue weighted by Gasteiger charge is 2.29. The van der Waals surface area contributed by atoms with Crippen LogP contribution in [0.15, 0.2) is 0 Å². The van der Waals surface area contributed by atoms with E-state index in [0.717, 1.165) is 6.42 Å². The Morgan fingerprint density at radius 3 is 1.75 bits per heavy atom. The lowest BCUT2D eigenvalue weighted by atomic mass is 9.71. The first-order valence-corrected chi connectivity index (χ1v) is 4.95. The van der Waals surface area contributed by atoms with Gasteiger partial charge in [-0.25, -0.2) is 0 Å². The van der Waals surface area contributed by atoms with Crippen LogP contribution >= 0.6 is 0 Å². The predicted octanol–water partition coefficient (Wildman–Crippen LogP) is 3.08. The van der Waals surface area contributed by atoms with E-state index in [1.807, 2.05) is 6.92 Å². The first-order valence-electron chi connectivity index (χ1n) is 4.95. The summed E-state index contributed by atoms with van der Waals surface area (Å²) in [7, 11) is 0. The Balaban J connectivity index is 4.18. The topological polar surface area (TPSA) is 20.2 Å². The number of hydrogen-bond acceptors (Lipinski definition) is 1. The van der Waals surface area contributed by atoms with E-state index in [0.29, 0.717) is 11.8 Å². The third-order valence-corrected chi connectivity index (χ3v) is 3.05. The molecule has 0 aromatic carbocycles. The third-order valence-electron chi connectivity index (χ3n) is 3.05. The molecule has 0 amide bonds. The Labute approximate surface area is 77.2 Å². The number of hydrogen-bond donors (Lipinski definition) is 1. The SMILES string of the molecule is CC(O)CC(C)(C)C(C)C(C)C. The van der Waals surface area contributed by atoms with E-state index < -0.39 is 0 Å². The zero-order chi connectivity index (χ0) is 9.94. The lowest BCUT2D eigenvalue weighted by Crippen LogP contribution is -2.29. The maximum Gasteiger partial charge on any atom is 0.0517 e. The van der Waals surface area contributed by atoms with Crippen molar-refractivity contribution in [2.75, 3.05) is 0 Å². The second-order valence-electron chi connectivity index (χ2n) is 5.07. The predicted molar refractivity (Wildman–Crippen MR) is 54.1 cm³/mol. The summed E-state index contributed by atoms with van der Waals surface area (Å²) in [5, 5.41) is 9.32. The summed E-state index contributed by atoms with van der Waals surface area (Å²) in [6.45, 7) is 13.1. The zero-order valence-corrected chi connectivity index (χ0v) is 9.39. The molecule has 0 fully saturated rings. The summed E-state index contributed by atoms with van der Waals surface area (Å²) in [6, 6.07) is 0. The minimum atomic E-state index is -0.179. The fraction of sp³-hybridized carbons (Fsp3) is 1.00. The van der Waals surface area contributed by atoms with Gasteiger partial charge in [-0.2, -0.15) is 0 Å². The molecule has 2 unspecified atom stereocenters. The Bertz CT molecular complexity index is 125. The van der Waals surface area contributed by atoms with Crippen molar-refractivity contribution in [2.24, 2.45) is 17.3 Å². The van der Waals surface area contributed by atoms with E-state index in [2.05, 4.69) is 34.6 Å². The van der Waals surface area contributed by atoms with Crippen LogP contribution in [0.1, 0.15) is 48.0 Å². The van der Waals surface area contributed by atoms with Crippen molar-refractivity contribution >= 4 is 0 Å². The molecule has 0 rings (SSSR count). The van der Waals surface area contributed by atoms with Crippen molar-refractivity contribution in [2.45, 2.75) is 54.1 Å². The fourth-order valence-corrected chi connectivity index (χ4v) is 1.85. The summed E-state index contributed by atoms with van der Waals surface area (Å²) < 4.78 is 0. The minimum absolute atomic E-state index is 0.179. The molecule has 0 aliphatic carbocycles. The van der Waals surface area contributed by atoms with Crippen molar-refractivity contribution in [3.63, 3.8) is 0 Å². The Morgan fingerprint density at radius 1 is 1.08 bits per heavy atom. The maximum atomic E-state index is 9.32. The molecule has 1 heteroatoms. The lowest BCUT2D eigenvalue weighted by Gasteiger charge is -2.35.